The minimum atomic E-state index is -1.69. The molecule has 268 valence electrons. The van der Waals surface area contributed by atoms with Gasteiger partial charge in [-0.15, -0.1) is 0 Å². The average Bonchev–Trinajstić information content (AvgIpc) is 3.46. The fourth-order valence-electron chi connectivity index (χ4n) is 6.23. The molecule has 0 aromatic heterocycles. The molecule has 1 aliphatic rings. The number of aliphatic hydroxyl groups excluding tert-OH is 1. The van der Waals surface area contributed by atoms with Gasteiger partial charge in [0, 0.05) is 0 Å². The number of ether oxygens (including phenoxy) is 6. The van der Waals surface area contributed by atoms with Crippen molar-refractivity contribution in [2.75, 3.05) is 13.2 Å². The predicted molar refractivity (Wildman–Crippen MR) is 194 cm³/mol. The molecular weight excluding hydrogens is 647 g/mol. The first-order valence-electron chi connectivity index (χ1n) is 17.7. The highest BCUT2D eigenvalue weighted by Gasteiger charge is 2.45. The highest BCUT2D eigenvalue weighted by Crippen LogP contribution is 2.28. The van der Waals surface area contributed by atoms with E-state index in [4.69, 9.17) is 28.4 Å². The molecule has 51 heavy (non-hydrogen) atoms. The number of hydrogen-bond acceptors (Lipinski definition) is 7. The Morgan fingerprint density at radius 1 is 0.608 bits per heavy atom. The summed E-state index contributed by atoms with van der Waals surface area (Å²) in [5.74, 6) is 0. The molecule has 8 heteroatoms. The van der Waals surface area contributed by atoms with E-state index in [-0.39, 0.29) is 26.4 Å². The van der Waals surface area contributed by atoms with E-state index in [1.165, 1.54) is 0 Å². The molecule has 1 saturated heterocycles. The summed E-state index contributed by atoms with van der Waals surface area (Å²) in [6, 6.07) is 44.1. The van der Waals surface area contributed by atoms with Crippen molar-refractivity contribution < 1.29 is 37.9 Å². The van der Waals surface area contributed by atoms with Crippen molar-refractivity contribution in [3.8, 4) is 0 Å². The maximum Gasteiger partial charge on any atom is 0.192 e. The van der Waals surface area contributed by atoms with E-state index in [0.717, 1.165) is 33.0 Å². The molecule has 0 saturated carbocycles. The smallest absolute Gasteiger partial charge is 0.192 e. The maximum absolute atomic E-state index is 15.2. The Labute approximate surface area is 299 Å². The zero-order valence-electron chi connectivity index (χ0n) is 29.0. The minimum absolute atomic E-state index is 0.0730. The topological polar surface area (TPSA) is 75.6 Å². The molecule has 5 aromatic carbocycles. The minimum Gasteiger partial charge on any atom is -0.387 e. The molecule has 7 nitrogen and oxygen atoms in total. The Kier molecular flexibility index (Phi) is 13.7. The molecule has 4 unspecified atom stereocenters. The molecule has 1 fully saturated rings. The van der Waals surface area contributed by atoms with E-state index in [1.807, 2.05) is 110 Å². The first-order valence-corrected chi connectivity index (χ1v) is 17.7. The quantitative estimate of drug-likeness (QED) is 0.0940. The Morgan fingerprint density at radius 2 is 1.14 bits per heavy atom. The van der Waals surface area contributed by atoms with Crippen LogP contribution in [-0.4, -0.2) is 61.3 Å². The van der Waals surface area contributed by atoms with E-state index in [1.54, 1.807) is 0 Å². The van der Waals surface area contributed by atoms with Crippen molar-refractivity contribution >= 4 is 10.8 Å². The summed E-state index contributed by atoms with van der Waals surface area (Å²) in [6.45, 7) is 3.16. The highest BCUT2D eigenvalue weighted by atomic mass is 19.1. The SMILES string of the molecule is CC[C@H]1O[C@@H](OCC(OCc2ccccc2)C(OCc2ccccc2)C(COCc2ccc3ccccc3c2)OCc2ccccc2)[C@@H](F)C1O. The van der Waals surface area contributed by atoms with Gasteiger partial charge < -0.3 is 33.5 Å². The summed E-state index contributed by atoms with van der Waals surface area (Å²) >= 11 is 0. The standard InChI is InChI=1S/C43H47FO7/c1-2-37-41(45)40(44)43(51-37)50-30-39(48-27-32-16-8-4-9-17-32)42(49-28-33-18-10-5-11-19-33)38(47-26-31-14-6-3-7-15-31)29-46-25-34-22-23-35-20-12-13-21-36(35)24-34/h3-24,37-43,45H,2,25-30H2,1H3/t37-,38?,39?,40+,41?,42?,43-/m1/s1. The molecule has 0 bridgehead atoms. The summed E-state index contributed by atoms with van der Waals surface area (Å²) < 4.78 is 53.3. The van der Waals surface area contributed by atoms with E-state index in [9.17, 15) is 5.11 Å². The number of aliphatic hydroxyl groups is 1. The number of benzene rings is 5. The Hall–Kier alpha value is -3.99. The van der Waals surface area contributed by atoms with Gasteiger partial charge in [-0.25, -0.2) is 4.39 Å². The largest absolute Gasteiger partial charge is 0.387 e. The highest BCUT2D eigenvalue weighted by molar-refractivity contribution is 5.82. The normalized spacial score (nSPS) is 20.7. The molecule has 0 aliphatic carbocycles. The molecule has 0 radical (unpaired) electrons. The van der Waals surface area contributed by atoms with Gasteiger partial charge in [-0.1, -0.05) is 134 Å². The molecule has 5 aromatic rings. The second-order valence-corrected chi connectivity index (χ2v) is 12.8. The second kappa shape index (κ2) is 19.0. The van der Waals surface area contributed by atoms with Crippen LogP contribution in [-0.2, 0) is 54.8 Å². The molecule has 6 rings (SSSR count). The third kappa shape index (κ3) is 10.5. The van der Waals surface area contributed by atoms with Gasteiger partial charge in [-0.05, 0) is 45.5 Å². The van der Waals surface area contributed by atoms with E-state index in [0.29, 0.717) is 19.6 Å². The van der Waals surface area contributed by atoms with Gasteiger partial charge in [0.05, 0.1) is 45.7 Å². The van der Waals surface area contributed by atoms with E-state index < -0.39 is 43.0 Å². The molecule has 0 spiro atoms. The molecule has 1 N–H and O–H groups in total. The van der Waals surface area contributed by atoms with E-state index in [2.05, 4.69) is 30.3 Å². The van der Waals surface area contributed by atoms with Crippen LogP contribution in [0.5, 0.6) is 0 Å². The Bertz CT molecular complexity index is 1720. The lowest BCUT2D eigenvalue weighted by molar-refractivity contribution is -0.212. The van der Waals surface area contributed by atoms with Crippen LogP contribution in [0.25, 0.3) is 10.8 Å². The number of rotatable bonds is 19. The molecule has 0 amide bonds. The van der Waals surface area contributed by atoms with Crippen LogP contribution >= 0.6 is 0 Å². The van der Waals surface area contributed by atoms with Gasteiger partial charge in [-0.2, -0.15) is 0 Å². The lowest BCUT2D eigenvalue weighted by Gasteiger charge is -2.34. The van der Waals surface area contributed by atoms with Crippen LogP contribution in [0.4, 0.5) is 4.39 Å². The van der Waals surface area contributed by atoms with Crippen LogP contribution in [0.3, 0.4) is 0 Å². The Balaban J connectivity index is 1.26. The van der Waals surface area contributed by atoms with Crippen LogP contribution in [0.15, 0.2) is 133 Å². The van der Waals surface area contributed by atoms with Gasteiger partial charge in [0.2, 0.25) is 0 Å². The fraction of sp³-hybridized carbons (Fsp3) is 0.349. The van der Waals surface area contributed by atoms with Crippen molar-refractivity contribution in [1.29, 1.82) is 0 Å². The number of alkyl halides is 1. The summed E-state index contributed by atoms with van der Waals surface area (Å²) in [6.07, 6.45) is -6.43. The summed E-state index contributed by atoms with van der Waals surface area (Å²) in [7, 11) is 0. The summed E-state index contributed by atoms with van der Waals surface area (Å²) in [4.78, 5) is 0. The molecule has 1 heterocycles. The van der Waals surface area contributed by atoms with Crippen molar-refractivity contribution in [3.05, 3.63) is 156 Å². The van der Waals surface area contributed by atoms with Crippen LogP contribution in [0.1, 0.15) is 35.6 Å². The number of fused-ring (bicyclic) bond motifs is 1. The van der Waals surface area contributed by atoms with Crippen molar-refractivity contribution in [3.63, 3.8) is 0 Å². The zero-order valence-corrected chi connectivity index (χ0v) is 29.0. The average molecular weight is 695 g/mol. The summed E-state index contributed by atoms with van der Waals surface area (Å²) in [5.41, 5.74) is 3.96. The van der Waals surface area contributed by atoms with Crippen molar-refractivity contribution in [1.82, 2.24) is 0 Å². The molecule has 7 atom stereocenters. The van der Waals surface area contributed by atoms with Gasteiger partial charge in [0.15, 0.2) is 12.5 Å². The van der Waals surface area contributed by atoms with E-state index >= 15 is 4.39 Å². The molecule has 1 aliphatic heterocycles. The summed E-state index contributed by atoms with van der Waals surface area (Å²) in [5, 5.41) is 12.7. The van der Waals surface area contributed by atoms with Crippen molar-refractivity contribution in [2.24, 2.45) is 0 Å². The van der Waals surface area contributed by atoms with Gasteiger partial charge >= 0.3 is 0 Å². The predicted octanol–water partition coefficient (Wildman–Crippen LogP) is 7.96. The van der Waals surface area contributed by atoms with Gasteiger partial charge in [-0.3, -0.25) is 0 Å². The first kappa shape index (κ1) is 36.8. The van der Waals surface area contributed by atoms with Crippen LogP contribution in [0, 0.1) is 0 Å². The fourth-order valence-corrected chi connectivity index (χ4v) is 6.23. The number of halogens is 1. The van der Waals surface area contributed by atoms with Gasteiger partial charge in [0.1, 0.15) is 24.4 Å². The Morgan fingerprint density at radius 3 is 1.71 bits per heavy atom. The maximum atomic E-state index is 15.2. The first-order chi connectivity index (χ1) is 25.1. The lowest BCUT2D eigenvalue weighted by atomic mass is 10.1. The van der Waals surface area contributed by atoms with Gasteiger partial charge in [0.25, 0.3) is 0 Å². The van der Waals surface area contributed by atoms with Crippen LogP contribution in [0.2, 0.25) is 0 Å². The zero-order chi connectivity index (χ0) is 35.3. The monoisotopic (exact) mass is 694 g/mol. The number of hydrogen-bond donors (Lipinski definition) is 1. The second-order valence-electron chi connectivity index (χ2n) is 12.8. The lowest BCUT2D eigenvalue weighted by Crippen LogP contribution is -2.48. The van der Waals surface area contributed by atoms with Crippen molar-refractivity contribution in [2.45, 2.75) is 82.8 Å². The van der Waals surface area contributed by atoms with Crippen LogP contribution < -0.4 is 0 Å². The third-order valence-electron chi connectivity index (χ3n) is 9.10. The third-order valence-corrected chi connectivity index (χ3v) is 9.10. The molecular formula is C43H47FO7.